The highest BCUT2D eigenvalue weighted by atomic mass is 32.2. The summed E-state index contributed by atoms with van der Waals surface area (Å²) in [6.07, 6.45) is 3.99. The lowest BCUT2D eigenvalue weighted by Crippen LogP contribution is -2.35. The summed E-state index contributed by atoms with van der Waals surface area (Å²) in [5.74, 6) is 1.24. The second-order valence-electron chi connectivity index (χ2n) is 4.15. The molecule has 0 aliphatic rings. The molecule has 1 aromatic rings. The van der Waals surface area contributed by atoms with Crippen LogP contribution < -0.4 is 0 Å². The summed E-state index contributed by atoms with van der Waals surface area (Å²) in [5, 5.41) is 0. The van der Waals surface area contributed by atoms with Gasteiger partial charge >= 0.3 is 0 Å². The van der Waals surface area contributed by atoms with Crippen LogP contribution in [0.2, 0.25) is 0 Å². The number of ketones is 1. The Hall–Kier alpha value is -0.740. The fourth-order valence-electron chi connectivity index (χ4n) is 1.58. The van der Waals surface area contributed by atoms with Crippen molar-refractivity contribution in [1.82, 2.24) is 9.47 Å². The number of rotatable bonds is 6. The first-order chi connectivity index (χ1) is 7.56. The molecule has 0 radical (unpaired) electrons. The Bertz CT molecular complexity index is 349. The normalized spacial score (nSPS) is 13.1. The van der Waals surface area contributed by atoms with Gasteiger partial charge in [0.25, 0.3) is 0 Å². The van der Waals surface area contributed by atoms with Gasteiger partial charge in [0.15, 0.2) is 5.78 Å². The number of nitrogens with zero attached hydrogens (tertiary/aromatic N) is 2. The van der Waals surface area contributed by atoms with Crippen molar-refractivity contribution in [3.63, 3.8) is 0 Å². The first kappa shape index (κ1) is 13.3. The Morgan fingerprint density at radius 3 is 2.81 bits per heavy atom. The molecule has 0 fully saturated rings. The predicted octanol–water partition coefficient (Wildman–Crippen LogP) is 1.89. The smallest absolute Gasteiger partial charge is 0.193 e. The van der Waals surface area contributed by atoms with Gasteiger partial charge in [-0.15, -0.1) is 0 Å². The lowest BCUT2D eigenvalue weighted by atomic mass is 10.2. The summed E-state index contributed by atoms with van der Waals surface area (Å²) in [6.45, 7) is 2.63. The van der Waals surface area contributed by atoms with Gasteiger partial charge in [-0.25, -0.2) is 0 Å². The molecule has 1 rings (SSSR count). The summed E-state index contributed by atoms with van der Waals surface area (Å²) in [5.41, 5.74) is 0.781. The van der Waals surface area contributed by atoms with E-state index in [4.69, 9.17) is 0 Å². The Balaban J connectivity index is 2.55. The number of likely N-dealkylation sites (N-methyl/N-ethyl adjacent to an activating group) is 1. The second-order valence-corrected chi connectivity index (χ2v) is 5.06. The van der Waals surface area contributed by atoms with E-state index >= 15 is 0 Å². The van der Waals surface area contributed by atoms with Crippen molar-refractivity contribution in [2.45, 2.75) is 13.0 Å². The zero-order valence-corrected chi connectivity index (χ0v) is 11.3. The van der Waals surface area contributed by atoms with Crippen LogP contribution >= 0.6 is 11.8 Å². The Morgan fingerprint density at radius 2 is 2.31 bits per heavy atom. The maximum Gasteiger partial charge on any atom is 0.193 e. The number of carbonyl (C=O) groups is 1. The maximum absolute atomic E-state index is 12.0. The molecule has 0 N–H and O–H groups in total. The van der Waals surface area contributed by atoms with Gasteiger partial charge in [-0.1, -0.05) is 0 Å². The van der Waals surface area contributed by atoms with Crippen LogP contribution in [0.1, 0.15) is 17.4 Å². The molecule has 1 atom stereocenters. The third-order valence-corrected chi connectivity index (χ3v) is 3.60. The van der Waals surface area contributed by atoms with E-state index < -0.39 is 0 Å². The lowest BCUT2D eigenvalue weighted by molar-refractivity contribution is 0.0923. The predicted molar refractivity (Wildman–Crippen MR) is 70.2 cm³/mol. The van der Waals surface area contributed by atoms with E-state index in [0.29, 0.717) is 12.6 Å². The van der Waals surface area contributed by atoms with Gasteiger partial charge in [-0.2, -0.15) is 11.8 Å². The van der Waals surface area contributed by atoms with Gasteiger partial charge in [-0.05, 0) is 32.4 Å². The van der Waals surface area contributed by atoms with E-state index in [-0.39, 0.29) is 5.78 Å². The number of thioether (sulfide) groups is 1. The highest BCUT2D eigenvalue weighted by Gasteiger charge is 2.15. The van der Waals surface area contributed by atoms with Crippen LogP contribution in [0.3, 0.4) is 0 Å². The summed E-state index contributed by atoms with van der Waals surface area (Å²) >= 11 is 1.81. The average molecular weight is 240 g/mol. The van der Waals surface area contributed by atoms with Crippen LogP contribution in [-0.4, -0.2) is 46.9 Å². The summed E-state index contributed by atoms with van der Waals surface area (Å²) in [4.78, 5) is 14.1. The third kappa shape index (κ3) is 3.39. The molecule has 0 aliphatic carbocycles. The minimum atomic E-state index is 0.183. The third-order valence-electron chi connectivity index (χ3n) is 2.78. The zero-order valence-electron chi connectivity index (χ0n) is 10.4. The van der Waals surface area contributed by atoms with Gasteiger partial charge in [0.05, 0.1) is 12.2 Å². The molecule has 0 saturated carbocycles. The highest BCUT2D eigenvalue weighted by molar-refractivity contribution is 7.98. The van der Waals surface area contributed by atoms with Gasteiger partial charge in [0.1, 0.15) is 0 Å². The van der Waals surface area contributed by atoms with Crippen LogP contribution in [0.5, 0.6) is 0 Å². The average Bonchev–Trinajstić information content (AvgIpc) is 2.64. The number of hydrogen-bond donors (Lipinski definition) is 0. The van der Waals surface area contributed by atoms with E-state index in [0.717, 1.165) is 11.4 Å². The molecule has 0 spiro atoms. The minimum absolute atomic E-state index is 0.183. The molecule has 0 saturated heterocycles. The van der Waals surface area contributed by atoms with E-state index in [2.05, 4.69) is 18.1 Å². The zero-order chi connectivity index (χ0) is 12.1. The Labute approximate surface area is 102 Å². The van der Waals surface area contributed by atoms with E-state index in [9.17, 15) is 4.79 Å². The molecule has 1 heterocycles. The first-order valence-corrected chi connectivity index (χ1v) is 6.79. The van der Waals surface area contributed by atoms with Crippen LogP contribution in [0.4, 0.5) is 0 Å². The molecular formula is C12H20N2OS. The van der Waals surface area contributed by atoms with E-state index in [1.54, 1.807) is 0 Å². The molecule has 3 nitrogen and oxygen atoms in total. The fraction of sp³-hybridized carbons (Fsp3) is 0.583. The molecule has 0 amide bonds. The van der Waals surface area contributed by atoms with Crippen molar-refractivity contribution < 1.29 is 4.79 Å². The number of carbonyl (C=O) groups excluding carboxylic acids is 1. The van der Waals surface area contributed by atoms with Crippen molar-refractivity contribution in [2.75, 3.05) is 25.6 Å². The fourth-order valence-corrected chi connectivity index (χ4v) is 2.32. The first-order valence-electron chi connectivity index (χ1n) is 5.40. The van der Waals surface area contributed by atoms with Crippen molar-refractivity contribution in [2.24, 2.45) is 7.05 Å². The summed E-state index contributed by atoms with van der Waals surface area (Å²) < 4.78 is 1.87. The molecule has 0 aromatic carbocycles. The largest absolute Gasteiger partial charge is 0.348 e. The number of aryl methyl sites for hydroxylation is 1. The Kier molecular flexibility index (Phi) is 5.09. The molecule has 0 aliphatic heterocycles. The van der Waals surface area contributed by atoms with Crippen molar-refractivity contribution >= 4 is 17.5 Å². The van der Waals surface area contributed by atoms with Gasteiger partial charge in [0, 0.05) is 25.0 Å². The van der Waals surface area contributed by atoms with Crippen LogP contribution in [0.25, 0.3) is 0 Å². The summed E-state index contributed by atoms with van der Waals surface area (Å²) in [7, 11) is 3.90. The SMILES string of the molecule is CSCC(C)N(C)CC(=O)c1cccn1C. The van der Waals surface area contributed by atoms with Crippen LogP contribution in [-0.2, 0) is 7.05 Å². The monoisotopic (exact) mass is 240 g/mol. The Morgan fingerprint density at radius 1 is 1.62 bits per heavy atom. The number of Topliss-reactive ketones (excluding diaryl/α,β-unsaturated/α-hetero) is 1. The quantitative estimate of drug-likeness (QED) is 0.710. The molecular weight excluding hydrogens is 220 g/mol. The molecule has 4 heteroatoms. The number of hydrogen-bond acceptors (Lipinski definition) is 3. The van der Waals surface area contributed by atoms with Crippen molar-refractivity contribution in [3.8, 4) is 0 Å². The standard InChI is InChI=1S/C12H20N2OS/c1-10(9-16-4)14(3)8-12(15)11-6-5-7-13(11)2/h5-7,10H,8-9H2,1-4H3. The molecule has 0 bridgehead atoms. The van der Waals surface area contributed by atoms with Crippen LogP contribution in [0.15, 0.2) is 18.3 Å². The highest BCUT2D eigenvalue weighted by Crippen LogP contribution is 2.06. The van der Waals surface area contributed by atoms with E-state index in [1.807, 2.05) is 48.8 Å². The maximum atomic E-state index is 12.0. The molecule has 1 unspecified atom stereocenters. The molecule has 16 heavy (non-hydrogen) atoms. The van der Waals surface area contributed by atoms with Gasteiger partial charge < -0.3 is 4.57 Å². The van der Waals surface area contributed by atoms with Crippen LogP contribution in [0, 0.1) is 0 Å². The van der Waals surface area contributed by atoms with E-state index in [1.165, 1.54) is 0 Å². The second kappa shape index (κ2) is 6.11. The van der Waals surface area contributed by atoms with Gasteiger partial charge in [0.2, 0.25) is 0 Å². The minimum Gasteiger partial charge on any atom is -0.348 e. The number of aromatic nitrogens is 1. The topological polar surface area (TPSA) is 25.2 Å². The molecule has 90 valence electrons. The molecule has 1 aromatic heterocycles. The van der Waals surface area contributed by atoms with Gasteiger partial charge in [-0.3, -0.25) is 9.69 Å². The summed E-state index contributed by atoms with van der Waals surface area (Å²) in [6, 6.07) is 4.20. The van der Waals surface area contributed by atoms with Crippen molar-refractivity contribution in [3.05, 3.63) is 24.0 Å². The van der Waals surface area contributed by atoms with Crippen molar-refractivity contribution in [1.29, 1.82) is 0 Å². The lowest BCUT2D eigenvalue weighted by Gasteiger charge is -2.23.